The number of aromatic nitrogens is 1. The number of pyridine rings is 1. The molecule has 0 unspecified atom stereocenters. The molecule has 0 aliphatic carbocycles. The molecule has 0 bridgehead atoms. The fraction of sp³-hybridized carbons (Fsp3) is 0.700. The van der Waals surface area contributed by atoms with E-state index >= 15 is 0 Å². The molecule has 1 aromatic heterocycles. The molecule has 0 N–H and O–H groups in total. The maximum Gasteiger partial charge on any atom is 0.410 e. The van der Waals surface area contributed by atoms with Gasteiger partial charge in [0, 0.05) is 32.4 Å². The predicted molar refractivity (Wildman–Crippen MR) is 108 cm³/mol. The Balaban J connectivity index is 1.63. The van der Waals surface area contributed by atoms with E-state index in [1.807, 2.05) is 25.7 Å². The first kappa shape index (κ1) is 20.9. The fourth-order valence-corrected chi connectivity index (χ4v) is 5.03. The van der Waals surface area contributed by atoms with Crippen molar-refractivity contribution in [3.8, 4) is 0 Å². The highest BCUT2D eigenvalue weighted by Gasteiger charge is 2.42. The van der Waals surface area contributed by atoms with E-state index in [-0.39, 0.29) is 16.4 Å². The Hall–Kier alpha value is -1.83. The molecule has 0 radical (unpaired) electrons. The SMILES string of the molecule is Cc1nc(N2CCC3(CCN(C(=O)OC(C)(C)C)CC3)C2)ccc1S(C)(=O)=O. The van der Waals surface area contributed by atoms with Crippen LogP contribution in [-0.2, 0) is 14.6 Å². The summed E-state index contributed by atoms with van der Waals surface area (Å²) in [6.45, 7) is 10.6. The van der Waals surface area contributed by atoms with Crippen molar-refractivity contribution >= 4 is 21.7 Å². The number of ether oxygens (including phenoxy) is 1. The van der Waals surface area contributed by atoms with Gasteiger partial charge in [0.15, 0.2) is 9.84 Å². The maximum absolute atomic E-state index is 12.3. The first-order valence-corrected chi connectivity index (χ1v) is 11.7. The van der Waals surface area contributed by atoms with Gasteiger partial charge in [0.1, 0.15) is 11.4 Å². The van der Waals surface area contributed by atoms with Crippen LogP contribution >= 0.6 is 0 Å². The molecule has 1 spiro atoms. The fourth-order valence-electron chi connectivity index (χ4n) is 4.13. The molecule has 3 rings (SSSR count). The number of rotatable bonds is 2. The van der Waals surface area contributed by atoms with Gasteiger partial charge in [-0.05, 0) is 64.5 Å². The second kappa shape index (κ2) is 7.21. The molecule has 7 nitrogen and oxygen atoms in total. The largest absolute Gasteiger partial charge is 0.444 e. The van der Waals surface area contributed by atoms with Crippen LogP contribution in [0.3, 0.4) is 0 Å². The van der Waals surface area contributed by atoms with Crippen molar-refractivity contribution in [2.24, 2.45) is 5.41 Å². The molecule has 3 heterocycles. The minimum absolute atomic E-state index is 0.184. The van der Waals surface area contributed by atoms with E-state index in [0.717, 1.165) is 38.2 Å². The summed E-state index contributed by atoms with van der Waals surface area (Å²) < 4.78 is 29.1. The van der Waals surface area contributed by atoms with Gasteiger partial charge in [-0.15, -0.1) is 0 Å². The van der Waals surface area contributed by atoms with Gasteiger partial charge >= 0.3 is 6.09 Å². The van der Waals surface area contributed by atoms with Gasteiger partial charge in [-0.25, -0.2) is 18.2 Å². The van der Waals surface area contributed by atoms with Crippen LogP contribution in [0.25, 0.3) is 0 Å². The zero-order valence-electron chi connectivity index (χ0n) is 17.5. The lowest BCUT2D eigenvalue weighted by molar-refractivity contribution is 0.0122. The molecule has 0 atom stereocenters. The number of likely N-dealkylation sites (tertiary alicyclic amines) is 1. The Morgan fingerprint density at radius 3 is 2.29 bits per heavy atom. The number of nitrogens with zero attached hydrogens (tertiary/aromatic N) is 3. The van der Waals surface area contributed by atoms with Crippen LogP contribution < -0.4 is 4.90 Å². The first-order valence-electron chi connectivity index (χ1n) is 9.79. The number of hydrogen-bond acceptors (Lipinski definition) is 6. The third-order valence-electron chi connectivity index (χ3n) is 5.66. The van der Waals surface area contributed by atoms with Crippen LogP contribution in [0.4, 0.5) is 10.6 Å². The number of hydrogen-bond donors (Lipinski definition) is 0. The lowest BCUT2D eigenvalue weighted by atomic mass is 9.78. The summed E-state index contributed by atoms with van der Waals surface area (Å²) in [6.07, 6.45) is 3.93. The van der Waals surface area contributed by atoms with Gasteiger partial charge in [0.25, 0.3) is 0 Å². The van der Waals surface area contributed by atoms with Crippen molar-refractivity contribution in [2.75, 3.05) is 37.3 Å². The summed E-state index contributed by atoms with van der Waals surface area (Å²) in [4.78, 5) is 21.2. The third-order valence-corrected chi connectivity index (χ3v) is 6.89. The summed E-state index contributed by atoms with van der Waals surface area (Å²) in [5, 5.41) is 0. The van der Waals surface area contributed by atoms with Crippen LogP contribution in [0.5, 0.6) is 0 Å². The number of carbonyl (C=O) groups excluding carboxylic acids is 1. The second-order valence-electron chi connectivity index (χ2n) is 9.16. The summed E-state index contributed by atoms with van der Waals surface area (Å²) in [6, 6.07) is 3.46. The van der Waals surface area contributed by atoms with Gasteiger partial charge in [-0.1, -0.05) is 0 Å². The standard InChI is InChI=1S/C20H31N3O4S/c1-15-16(28(5,25)26)6-7-17(21-15)23-13-10-20(14-23)8-11-22(12-9-20)18(24)27-19(2,3)4/h6-7H,8-14H2,1-5H3. The molecule has 156 valence electrons. The van der Waals surface area contributed by atoms with E-state index in [1.54, 1.807) is 19.1 Å². The molecule has 0 aromatic carbocycles. The Bertz CT molecular complexity index is 853. The van der Waals surface area contributed by atoms with E-state index in [4.69, 9.17) is 4.74 Å². The summed E-state index contributed by atoms with van der Waals surface area (Å²) in [5.41, 5.74) is 0.252. The third kappa shape index (κ3) is 4.59. The Morgan fingerprint density at radius 1 is 1.14 bits per heavy atom. The van der Waals surface area contributed by atoms with Crippen molar-refractivity contribution in [3.05, 3.63) is 17.8 Å². The molecule has 8 heteroatoms. The predicted octanol–water partition coefficient (Wildman–Crippen LogP) is 3.02. The van der Waals surface area contributed by atoms with Crippen molar-refractivity contribution in [3.63, 3.8) is 0 Å². The monoisotopic (exact) mass is 409 g/mol. The summed E-state index contributed by atoms with van der Waals surface area (Å²) in [5.74, 6) is 0.830. The van der Waals surface area contributed by atoms with Crippen LogP contribution in [0.1, 0.15) is 45.7 Å². The normalized spacial score (nSPS) is 19.9. The molecular weight excluding hydrogens is 378 g/mol. The molecule has 1 aromatic rings. The molecule has 2 fully saturated rings. The number of amides is 1. The topological polar surface area (TPSA) is 79.8 Å². The molecule has 2 aliphatic heterocycles. The van der Waals surface area contributed by atoms with Gasteiger partial charge in [-0.3, -0.25) is 0 Å². The van der Waals surface area contributed by atoms with Crippen LogP contribution in [0.2, 0.25) is 0 Å². The highest BCUT2D eigenvalue weighted by molar-refractivity contribution is 7.90. The average Bonchev–Trinajstić information content (AvgIpc) is 2.96. The van der Waals surface area contributed by atoms with Crippen LogP contribution in [0, 0.1) is 12.3 Å². The second-order valence-corrected chi connectivity index (χ2v) is 11.1. The van der Waals surface area contributed by atoms with Crippen molar-refractivity contribution in [1.82, 2.24) is 9.88 Å². The first-order chi connectivity index (χ1) is 12.9. The van der Waals surface area contributed by atoms with E-state index in [0.29, 0.717) is 18.8 Å². The highest BCUT2D eigenvalue weighted by atomic mass is 32.2. The van der Waals surface area contributed by atoms with E-state index in [1.165, 1.54) is 6.26 Å². The number of piperidine rings is 1. The van der Waals surface area contributed by atoms with E-state index < -0.39 is 15.4 Å². The summed E-state index contributed by atoms with van der Waals surface area (Å²) >= 11 is 0. The van der Waals surface area contributed by atoms with Crippen LogP contribution in [-0.4, -0.2) is 62.4 Å². The minimum atomic E-state index is -3.26. The lowest BCUT2D eigenvalue weighted by Gasteiger charge is -2.39. The molecule has 2 saturated heterocycles. The molecule has 2 aliphatic rings. The molecule has 28 heavy (non-hydrogen) atoms. The van der Waals surface area contributed by atoms with Gasteiger partial charge in [-0.2, -0.15) is 0 Å². The van der Waals surface area contributed by atoms with Crippen molar-refractivity contribution < 1.29 is 17.9 Å². The number of anilines is 1. The zero-order chi connectivity index (χ0) is 20.7. The molecule has 1 amide bonds. The molecule has 0 saturated carbocycles. The average molecular weight is 410 g/mol. The van der Waals surface area contributed by atoms with E-state index in [2.05, 4.69) is 9.88 Å². The van der Waals surface area contributed by atoms with Crippen LogP contribution in [0.15, 0.2) is 17.0 Å². The van der Waals surface area contributed by atoms with Gasteiger partial charge in [0.05, 0.1) is 10.6 Å². The van der Waals surface area contributed by atoms with Gasteiger partial charge < -0.3 is 14.5 Å². The van der Waals surface area contributed by atoms with Gasteiger partial charge in [0.2, 0.25) is 0 Å². The Morgan fingerprint density at radius 2 is 1.75 bits per heavy atom. The van der Waals surface area contributed by atoms with Crippen molar-refractivity contribution in [2.45, 2.75) is 57.5 Å². The number of carbonyl (C=O) groups is 1. The minimum Gasteiger partial charge on any atom is -0.444 e. The smallest absolute Gasteiger partial charge is 0.410 e. The number of aryl methyl sites for hydroxylation is 1. The quantitative estimate of drug-likeness (QED) is 0.747. The highest BCUT2D eigenvalue weighted by Crippen LogP contribution is 2.42. The number of sulfone groups is 1. The maximum atomic E-state index is 12.3. The van der Waals surface area contributed by atoms with E-state index in [9.17, 15) is 13.2 Å². The molecular formula is C20H31N3O4S. The summed E-state index contributed by atoms with van der Waals surface area (Å²) in [7, 11) is -3.26. The Kier molecular flexibility index (Phi) is 5.38. The lowest BCUT2D eigenvalue weighted by Crippen LogP contribution is -2.46. The zero-order valence-corrected chi connectivity index (χ0v) is 18.3. The van der Waals surface area contributed by atoms with Crippen molar-refractivity contribution in [1.29, 1.82) is 0 Å². The Labute approximate surface area is 168 Å².